The Morgan fingerprint density at radius 3 is 2.10 bits per heavy atom. The van der Waals surface area contributed by atoms with E-state index in [0.717, 1.165) is 0 Å². The maximum atomic E-state index is 13.2. The first-order chi connectivity index (χ1) is 9.21. The summed E-state index contributed by atoms with van der Waals surface area (Å²) in [6, 6.07) is 3.92. The number of hydrogen-bond donors (Lipinski definition) is 0. The van der Waals surface area contributed by atoms with Crippen molar-refractivity contribution < 1.29 is 13.2 Å². The van der Waals surface area contributed by atoms with Crippen LogP contribution in [0.3, 0.4) is 0 Å². The Labute approximate surface area is 141 Å². The highest BCUT2D eigenvalue weighted by molar-refractivity contribution is 14.1. The summed E-state index contributed by atoms with van der Waals surface area (Å²) in [6.45, 7) is 0. The third-order valence-electron chi connectivity index (χ3n) is 2.46. The van der Waals surface area contributed by atoms with Crippen LogP contribution in [0.15, 0.2) is 24.4 Å². The average molecular weight is 452 g/mol. The first kappa shape index (κ1) is 16.1. The van der Waals surface area contributed by atoms with Gasteiger partial charge in [-0.25, -0.2) is 4.98 Å². The molecule has 0 aliphatic carbocycles. The van der Waals surface area contributed by atoms with Crippen molar-refractivity contribution in [3.05, 3.63) is 48.7 Å². The van der Waals surface area contributed by atoms with Gasteiger partial charge in [-0.1, -0.05) is 34.8 Å². The molecule has 0 atom stereocenters. The number of alkyl halides is 3. The zero-order valence-corrected chi connectivity index (χ0v) is 13.8. The largest absolute Gasteiger partial charge is 0.419 e. The van der Waals surface area contributed by atoms with Crippen LogP contribution in [-0.2, 0) is 6.18 Å². The molecule has 2 rings (SSSR count). The van der Waals surface area contributed by atoms with Gasteiger partial charge in [0.05, 0.1) is 15.6 Å². The van der Waals surface area contributed by atoms with Gasteiger partial charge in [0, 0.05) is 22.3 Å². The van der Waals surface area contributed by atoms with Crippen molar-refractivity contribution in [2.45, 2.75) is 6.18 Å². The van der Waals surface area contributed by atoms with Gasteiger partial charge in [-0.3, -0.25) is 0 Å². The van der Waals surface area contributed by atoms with E-state index < -0.39 is 11.7 Å². The minimum atomic E-state index is -4.56. The van der Waals surface area contributed by atoms with Crippen molar-refractivity contribution in [2.24, 2.45) is 0 Å². The van der Waals surface area contributed by atoms with Crippen LogP contribution >= 0.6 is 57.4 Å². The van der Waals surface area contributed by atoms with Crippen molar-refractivity contribution >= 4 is 57.4 Å². The van der Waals surface area contributed by atoms with Gasteiger partial charge < -0.3 is 0 Å². The lowest BCUT2D eigenvalue weighted by atomic mass is 10.0. The second kappa shape index (κ2) is 5.87. The molecule has 1 heterocycles. The number of pyridine rings is 1. The Balaban J connectivity index is 2.81. The fraction of sp³-hybridized carbons (Fsp3) is 0.0833. The summed E-state index contributed by atoms with van der Waals surface area (Å²) in [7, 11) is 0. The van der Waals surface area contributed by atoms with E-state index in [-0.39, 0.29) is 29.9 Å². The molecule has 0 spiro atoms. The fourth-order valence-corrected chi connectivity index (χ4v) is 3.49. The summed E-state index contributed by atoms with van der Waals surface area (Å²) in [5, 5.41) is 0.353. The standard InChI is InChI=1S/C12H4Cl3F3IN/c13-5-3-7(14)9(8(15)4-5)6-1-2-20-11(19)10(6)12(16,17)18/h1-4H. The van der Waals surface area contributed by atoms with Gasteiger partial charge in [-0.2, -0.15) is 13.2 Å². The van der Waals surface area contributed by atoms with E-state index in [4.69, 9.17) is 34.8 Å². The van der Waals surface area contributed by atoms with Crippen molar-refractivity contribution in [2.75, 3.05) is 0 Å². The first-order valence-electron chi connectivity index (χ1n) is 5.08. The summed E-state index contributed by atoms with van der Waals surface area (Å²) in [6.07, 6.45) is -3.29. The van der Waals surface area contributed by atoms with Crippen LogP contribution in [0.5, 0.6) is 0 Å². The molecule has 1 aromatic carbocycles. The van der Waals surface area contributed by atoms with Gasteiger partial charge in [0.1, 0.15) is 3.70 Å². The summed E-state index contributed by atoms with van der Waals surface area (Å²) >= 11 is 19.3. The Morgan fingerprint density at radius 2 is 1.60 bits per heavy atom. The lowest BCUT2D eigenvalue weighted by Crippen LogP contribution is -2.11. The van der Waals surface area contributed by atoms with Crippen LogP contribution in [0.2, 0.25) is 15.1 Å². The van der Waals surface area contributed by atoms with Gasteiger partial charge in [0.2, 0.25) is 0 Å². The third kappa shape index (κ3) is 3.16. The number of aromatic nitrogens is 1. The molecule has 2 aromatic rings. The average Bonchev–Trinajstić information content (AvgIpc) is 2.25. The van der Waals surface area contributed by atoms with Crippen molar-refractivity contribution in [1.29, 1.82) is 0 Å². The topological polar surface area (TPSA) is 12.9 Å². The Morgan fingerprint density at radius 1 is 1.05 bits per heavy atom. The lowest BCUT2D eigenvalue weighted by Gasteiger charge is -2.16. The molecule has 1 nitrogen and oxygen atoms in total. The van der Waals surface area contributed by atoms with Gasteiger partial charge in [0.15, 0.2) is 0 Å². The quantitative estimate of drug-likeness (QED) is 0.364. The highest BCUT2D eigenvalue weighted by atomic mass is 127. The monoisotopic (exact) mass is 451 g/mol. The molecule has 0 fully saturated rings. The second-order valence-corrected chi connectivity index (χ2v) is 6.04. The lowest BCUT2D eigenvalue weighted by molar-refractivity contribution is -0.138. The molecule has 106 valence electrons. The summed E-state index contributed by atoms with van der Waals surface area (Å²) in [5.74, 6) is 0. The molecule has 8 heteroatoms. The van der Waals surface area contributed by atoms with E-state index in [0.29, 0.717) is 0 Å². The normalized spacial score (nSPS) is 11.8. The Kier molecular flexibility index (Phi) is 4.73. The van der Waals surface area contributed by atoms with Crippen LogP contribution in [0, 0.1) is 3.70 Å². The van der Waals surface area contributed by atoms with Gasteiger partial charge in [0.25, 0.3) is 0 Å². The highest BCUT2D eigenvalue weighted by Gasteiger charge is 2.37. The minimum absolute atomic E-state index is 0.0509. The van der Waals surface area contributed by atoms with E-state index in [2.05, 4.69) is 4.98 Å². The second-order valence-electron chi connectivity index (χ2n) is 3.77. The molecule has 0 saturated heterocycles. The maximum absolute atomic E-state index is 13.2. The van der Waals surface area contributed by atoms with Crippen molar-refractivity contribution in [3.8, 4) is 11.1 Å². The molecular weight excluding hydrogens is 448 g/mol. The predicted octanol–water partition coefficient (Wildman–Crippen LogP) is 6.33. The van der Waals surface area contributed by atoms with Gasteiger partial charge in [-0.05, 0) is 40.8 Å². The van der Waals surface area contributed by atoms with Gasteiger partial charge >= 0.3 is 6.18 Å². The number of nitrogens with zero attached hydrogens (tertiary/aromatic N) is 1. The number of rotatable bonds is 1. The summed E-state index contributed by atoms with van der Waals surface area (Å²) in [5.41, 5.74) is -0.902. The summed E-state index contributed by atoms with van der Waals surface area (Å²) < 4.78 is 39.4. The molecule has 0 aliphatic heterocycles. The SMILES string of the molecule is FC(F)(F)c1c(-c2c(Cl)cc(Cl)cc2Cl)ccnc1I. The first-order valence-corrected chi connectivity index (χ1v) is 7.29. The van der Waals surface area contributed by atoms with E-state index in [1.54, 1.807) is 0 Å². The van der Waals surface area contributed by atoms with E-state index >= 15 is 0 Å². The molecule has 1 aromatic heterocycles. The van der Waals surface area contributed by atoms with Crippen molar-refractivity contribution in [3.63, 3.8) is 0 Å². The van der Waals surface area contributed by atoms with E-state index in [1.807, 2.05) is 0 Å². The molecule has 0 bridgehead atoms. The Hall–Kier alpha value is -0.240. The summed E-state index contributed by atoms with van der Waals surface area (Å²) in [4.78, 5) is 3.66. The molecule has 0 saturated carbocycles. The zero-order chi connectivity index (χ0) is 15.1. The van der Waals surface area contributed by atoms with Crippen LogP contribution in [0.4, 0.5) is 13.2 Å². The molecule has 0 unspecified atom stereocenters. The number of halogens is 7. The molecular formula is C12H4Cl3F3IN. The minimum Gasteiger partial charge on any atom is -0.250 e. The van der Waals surface area contributed by atoms with Crippen LogP contribution < -0.4 is 0 Å². The van der Waals surface area contributed by atoms with Gasteiger partial charge in [-0.15, -0.1) is 0 Å². The smallest absolute Gasteiger partial charge is 0.250 e. The molecule has 0 amide bonds. The Bertz CT molecular complexity index is 650. The van der Waals surface area contributed by atoms with Crippen molar-refractivity contribution in [1.82, 2.24) is 4.98 Å². The number of hydrogen-bond acceptors (Lipinski definition) is 1. The predicted molar refractivity (Wildman–Crippen MR) is 82.4 cm³/mol. The molecule has 0 radical (unpaired) electrons. The highest BCUT2D eigenvalue weighted by Crippen LogP contribution is 2.44. The van der Waals surface area contributed by atoms with Crippen LogP contribution in [-0.4, -0.2) is 4.98 Å². The molecule has 0 N–H and O–H groups in total. The molecule has 20 heavy (non-hydrogen) atoms. The maximum Gasteiger partial charge on any atom is 0.419 e. The van der Waals surface area contributed by atoms with E-state index in [1.165, 1.54) is 47.0 Å². The van der Waals surface area contributed by atoms with Crippen LogP contribution in [0.25, 0.3) is 11.1 Å². The van der Waals surface area contributed by atoms with E-state index in [9.17, 15) is 13.2 Å². The van der Waals surface area contributed by atoms with Crippen LogP contribution in [0.1, 0.15) is 5.56 Å². The zero-order valence-electron chi connectivity index (χ0n) is 9.40. The third-order valence-corrected chi connectivity index (χ3v) is 4.10. The number of benzene rings is 1. The fourth-order valence-electron chi connectivity index (χ4n) is 1.71. The molecule has 0 aliphatic rings.